The fraction of sp³-hybridized carbons (Fsp3) is 0.140. The lowest BCUT2D eigenvalue weighted by molar-refractivity contribution is 1.07. The molecule has 5 heteroatoms. The van der Waals surface area contributed by atoms with Crippen molar-refractivity contribution in [2.75, 3.05) is 0 Å². The molecule has 0 saturated carbocycles. The van der Waals surface area contributed by atoms with Crippen LogP contribution in [0.5, 0.6) is 0 Å². The van der Waals surface area contributed by atoms with Gasteiger partial charge in [-0.05, 0) is 51.2 Å². The van der Waals surface area contributed by atoms with Gasteiger partial charge in [0.2, 0.25) is 0 Å². The van der Waals surface area contributed by atoms with Crippen molar-refractivity contribution in [3.8, 4) is 56.4 Å². The fourth-order valence-corrected chi connectivity index (χ4v) is 8.42. The summed E-state index contributed by atoms with van der Waals surface area (Å²) < 4.78 is 0. The molecule has 0 spiro atoms. The van der Waals surface area contributed by atoms with Crippen molar-refractivity contribution in [3.63, 3.8) is 0 Å². The predicted octanol–water partition coefficient (Wildman–Crippen LogP) is 10.5. The van der Waals surface area contributed by atoms with E-state index in [1.54, 1.807) is 0 Å². The minimum Gasteiger partial charge on any atom is -0.208 e. The molecule has 0 fully saturated rings. The monoisotopic (exact) mass is 655 g/mol. The Morgan fingerprint density at radius 2 is 0.688 bits per heavy atom. The molecule has 0 aliphatic rings. The Morgan fingerprint density at radius 1 is 0.312 bits per heavy atom. The first-order valence-electron chi connectivity index (χ1n) is 16.7. The van der Waals surface area contributed by atoms with Crippen LogP contribution in [0.4, 0.5) is 0 Å². The van der Waals surface area contributed by atoms with Crippen molar-refractivity contribution in [2.45, 2.75) is 39.3 Å². The highest BCUT2D eigenvalue weighted by Gasteiger charge is 2.19. The van der Waals surface area contributed by atoms with Gasteiger partial charge in [-0.15, -0.1) is 0 Å². The average molecular weight is 656 g/mol. The van der Waals surface area contributed by atoms with Crippen LogP contribution in [0.25, 0.3) is 67.2 Å². The standard InChI is InChI=1S/C43H41N3Si2/c1-47(2,3)39-23-19-31(20-24-39)41-44-42(32-21-25-40(26-22-32)48(4,5)6)46-43(45-41)38-16-10-15-36(29-38)34-13-9-14-35(28-34)37-18-17-30-11-7-8-12-33(30)27-37/h7-29H,1-6H3. The SMILES string of the molecule is C[Si](C)(C)c1ccc(-c2nc(-c3ccc([Si](C)(C)C)cc3)nc(-c3cccc(-c4cccc(-c5ccc6ccccc6c5)c4)c3)n2)cc1. The lowest BCUT2D eigenvalue weighted by Crippen LogP contribution is -2.37. The van der Waals surface area contributed by atoms with Crippen molar-refractivity contribution >= 4 is 37.3 Å². The molecule has 0 unspecified atom stereocenters. The molecule has 0 amide bonds. The molecule has 0 saturated heterocycles. The lowest BCUT2D eigenvalue weighted by atomic mass is 9.96. The van der Waals surface area contributed by atoms with E-state index in [0.29, 0.717) is 17.5 Å². The van der Waals surface area contributed by atoms with Gasteiger partial charge >= 0.3 is 0 Å². The topological polar surface area (TPSA) is 38.7 Å². The first-order valence-corrected chi connectivity index (χ1v) is 23.7. The normalized spacial score (nSPS) is 12.0. The molecule has 7 rings (SSSR count). The lowest BCUT2D eigenvalue weighted by Gasteiger charge is -2.17. The number of hydrogen-bond acceptors (Lipinski definition) is 3. The molecule has 1 heterocycles. The third-order valence-electron chi connectivity index (χ3n) is 9.05. The molecule has 7 aromatic rings. The van der Waals surface area contributed by atoms with Gasteiger partial charge in [0.25, 0.3) is 0 Å². The van der Waals surface area contributed by atoms with Gasteiger partial charge < -0.3 is 0 Å². The summed E-state index contributed by atoms with van der Waals surface area (Å²) in [7, 11) is -2.86. The minimum atomic E-state index is -1.43. The molecule has 0 aliphatic carbocycles. The summed E-state index contributed by atoms with van der Waals surface area (Å²) in [6.07, 6.45) is 0. The summed E-state index contributed by atoms with van der Waals surface area (Å²) in [5.74, 6) is 2.05. The summed E-state index contributed by atoms with van der Waals surface area (Å²) in [6.45, 7) is 14.2. The van der Waals surface area contributed by atoms with E-state index in [-0.39, 0.29) is 0 Å². The van der Waals surface area contributed by atoms with Crippen LogP contribution < -0.4 is 10.4 Å². The van der Waals surface area contributed by atoms with Crippen LogP contribution in [0, 0.1) is 0 Å². The van der Waals surface area contributed by atoms with E-state index in [1.165, 1.54) is 32.3 Å². The summed E-state index contributed by atoms with van der Waals surface area (Å²) in [6, 6.07) is 50.2. The smallest absolute Gasteiger partial charge is 0.164 e. The Labute approximate surface area is 286 Å². The van der Waals surface area contributed by atoms with Gasteiger partial charge in [-0.2, -0.15) is 0 Å². The summed E-state index contributed by atoms with van der Waals surface area (Å²) in [4.78, 5) is 15.2. The van der Waals surface area contributed by atoms with E-state index in [9.17, 15) is 0 Å². The zero-order valence-electron chi connectivity index (χ0n) is 28.6. The van der Waals surface area contributed by atoms with Crippen molar-refractivity contribution in [3.05, 3.63) is 140 Å². The largest absolute Gasteiger partial charge is 0.208 e. The van der Waals surface area contributed by atoms with Crippen LogP contribution in [-0.2, 0) is 0 Å². The second kappa shape index (κ2) is 12.6. The molecule has 3 nitrogen and oxygen atoms in total. The van der Waals surface area contributed by atoms with E-state index >= 15 is 0 Å². The summed E-state index contributed by atoms with van der Waals surface area (Å²) in [5.41, 5.74) is 7.64. The molecule has 0 aliphatic heterocycles. The van der Waals surface area contributed by atoms with Crippen LogP contribution >= 0.6 is 0 Å². The Kier molecular flexibility index (Phi) is 8.28. The number of nitrogens with zero attached hydrogens (tertiary/aromatic N) is 3. The third-order valence-corrected chi connectivity index (χ3v) is 13.2. The van der Waals surface area contributed by atoms with E-state index in [1.807, 2.05) is 0 Å². The van der Waals surface area contributed by atoms with E-state index in [2.05, 4.69) is 179 Å². The second-order valence-corrected chi connectivity index (χ2v) is 24.8. The van der Waals surface area contributed by atoms with Gasteiger partial charge in [0.15, 0.2) is 17.5 Å². The van der Waals surface area contributed by atoms with Crippen LogP contribution in [0.3, 0.4) is 0 Å². The maximum Gasteiger partial charge on any atom is 0.164 e. The van der Waals surface area contributed by atoms with Crippen LogP contribution in [0.1, 0.15) is 0 Å². The van der Waals surface area contributed by atoms with Gasteiger partial charge in [-0.1, -0.05) is 171 Å². The van der Waals surface area contributed by atoms with E-state index in [0.717, 1.165) is 27.8 Å². The Bertz CT molecular complexity index is 2170. The number of hydrogen-bond donors (Lipinski definition) is 0. The number of aromatic nitrogens is 3. The minimum absolute atomic E-state index is 0.672. The van der Waals surface area contributed by atoms with Crippen molar-refractivity contribution in [1.82, 2.24) is 15.0 Å². The van der Waals surface area contributed by atoms with Gasteiger partial charge in [-0.3, -0.25) is 0 Å². The average Bonchev–Trinajstić information content (AvgIpc) is 3.11. The highest BCUT2D eigenvalue weighted by atomic mass is 28.3. The Morgan fingerprint density at radius 3 is 1.17 bits per heavy atom. The van der Waals surface area contributed by atoms with Crippen molar-refractivity contribution in [1.29, 1.82) is 0 Å². The van der Waals surface area contributed by atoms with Crippen LogP contribution in [-0.4, -0.2) is 31.1 Å². The molecule has 0 bridgehead atoms. The zero-order valence-corrected chi connectivity index (χ0v) is 30.6. The fourth-order valence-electron chi connectivity index (χ4n) is 6.09. The molecular weight excluding hydrogens is 615 g/mol. The first kappa shape index (κ1) is 31.6. The van der Waals surface area contributed by atoms with Crippen LogP contribution in [0.15, 0.2) is 140 Å². The van der Waals surface area contributed by atoms with E-state index < -0.39 is 16.1 Å². The Hall–Kier alpha value is -4.98. The van der Waals surface area contributed by atoms with Crippen molar-refractivity contribution in [2.24, 2.45) is 0 Å². The van der Waals surface area contributed by atoms with Crippen LogP contribution in [0.2, 0.25) is 39.3 Å². The zero-order chi connectivity index (χ0) is 33.5. The molecule has 1 aromatic heterocycles. The quantitative estimate of drug-likeness (QED) is 0.160. The molecule has 236 valence electrons. The van der Waals surface area contributed by atoms with Gasteiger partial charge in [0, 0.05) is 16.7 Å². The molecule has 0 atom stereocenters. The maximum absolute atomic E-state index is 5.07. The second-order valence-electron chi connectivity index (χ2n) is 14.7. The molecule has 6 aromatic carbocycles. The third kappa shape index (κ3) is 6.70. The molecular formula is C43H41N3Si2. The highest BCUT2D eigenvalue weighted by molar-refractivity contribution is 6.89. The van der Waals surface area contributed by atoms with E-state index in [4.69, 9.17) is 15.0 Å². The van der Waals surface area contributed by atoms with Gasteiger partial charge in [0.05, 0.1) is 16.1 Å². The molecule has 0 N–H and O–H groups in total. The highest BCUT2D eigenvalue weighted by Crippen LogP contribution is 2.31. The first-order chi connectivity index (χ1) is 23.0. The number of benzene rings is 6. The Balaban J connectivity index is 1.30. The molecule has 0 radical (unpaired) electrons. The number of rotatable bonds is 7. The van der Waals surface area contributed by atoms with Gasteiger partial charge in [-0.25, -0.2) is 15.0 Å². The maximum atomic E-state index is 5.07. The van der Waals surface area contributed by atoms with Crippen molar-refractivity contribution < 1.29 is 0 Å². The summed E-state index contributed by atoms with van der Waals surface area (Å²) in [5, 5.41) is 5.33. The molecule has 48 heavy (non-hydrogen) atoms. The predicted molar refractivity (Wildman–Crippen MR) is 210 cm³/mol. The van der Waals surface area contributed by atoms with Gasteiger partial charge in [0.1, 0.15) is 0 Å². The number of fused-ring (bicyclic) bond motifs is 1. The summed E-state index contributed by atoms with van der Waals surface area (Å²) >= 11 is 0.